The largest absolute Gasteiger partial charge is 0.325 e. The second kappa shape index (κ2) is 3.50. The molecular weight excluding hydrogens is 223 g/mol. The van der Waals surface area contributed by atoms with E-state index in [1.54, 1.807) is 17.4 Å². The number of thiazole rings is 1. The van der Waals surface area contributed by atoms with Gasteiger partial charge in [0.05, 0.1) is 15.2 Å². The first-order valence-corrected chi connectivity index (χ1v) is 6.30. The van der Waals surface area contributed by atoms with E-state index in [0.717, 1.165) is 34.5 Å². The zero-order valence-electron chi connectivity index (χ0n) is 8.87. The summed E-state index contributed by atoms with van der Waals surface area (Å²) in [5.74, 6) is -0.226. The Labute approximate surface area is 97.3 Å². The SMILES string of the molecule is NC1(Cc2nc3cc(F)ccc3s2)CCC1. The van der Waals surface area contributed by atoms with Crippen LogP contribution in [-0.2, 0) is 6.42 Å². The molecule has 1 aliphatic rings. The van der Waals surface area contributed by atoms with Gasteiger partial charge in [0.1, 0.15) is 5.82 Å². The van der Waals surface area contributed by atoms with Crippen LogP contribution >= 0.6 is 11.3 Å². The molecule has 0 aliphatic heterocycles. The maximum Gasteiger partial charge on any atom is 0.125 e. The maximum atomic E-state index is 13.0. The van der Waals surface area contributed by atoms with E-state index in [0.29, 0.717) is 0 Å². The molecule has 84 valence electrons. The second-order valence-corrected chi connectivity index (χ2v) is 5.73. The topological polar surface area (TPSA) is 38.9 Å². The number of nitrogens with two attached hydrogens (primary N) is 1. The van der Waals surface area contributed by atoms with Gasteiger partial charge >= 0.3 is 0 Å². The van der Waals surface area contributed by atoms with Crippen LogP contribution in [0.5, 0.6) is 0 Å². The molecule has 0 spiro atoms. The van der Waals surface area contributed by atoms with Gasteiger partial charge in [-0.2, -0.15) is 0 Å². The summed E-state index contributed by atoms with van der Waals surface area (Å²) in [6.45, 7) is 0. The molecule has 2 aromatic rings. The Morgan fingerprint density at radius 1 is 1.44 bits per heavy atom. The monoisotopic (exact) mass is 236 g/mol. The Kier molecular flexibility index (Phi) is 2.23. The quantitative estimate of drug-likeness (QED) is 0.870. The van der Waals surface area contributed by atoms with E-state index in [-0.39, 0.29) is 11.4 Å². The van der Waals surface area contributed by atoms with Crippen LogP contribution in [0.25, 0.3) is 10.2 Å². The Morgan fingerprint density at radius 3 is 2.94 bits per heavy atom. The summed E-state index contributed by atoms with van der Waals surface area (Å²) in [6, 6.07) is 4.75. The number of hydrogen-bond donors (Lipinski definition) is 1. The van der Waals surface area contributed by atoms with Crippen molar-refractivity contribution in [2.75, 3.05) is 0 Å². The molecular formula is C12H13FN2S. The summed E-state index contributed by atoms with van der Waals surface area (Å²) in [7, 11) is 0. The average Bonchev–Trinajstić information content (AvgIpc) is 2.56. The average molecular weight is 236 g/mol. The van der Waals surface area contributed by atoms with Gasteiger partial charge < -0.3 is 5.73 Å². The molecule has 0 amide bonds. The van der Waals surface area contributed by atoms with Crippen LogP contribution in [0.15, 0.2) is 18.2 Å². The van der Waals surface area contributed by atoms with Crippen LogP contribution in [0.3, 0.4) is 0 Å². The molecule has 1 saturated carbocycles. The van der Waals surface area contributed by atoms with Crippen molar-refractivity contribution in [2.45, 2.75) is 31.2 Å². The minimum atomic E-state index is -0.226. The van der Waals surface area contributed by atoms with E-state index in [1.807, 2.05) is 0 Å². The predicted octanol–water partition coefficient (Wildman–Crippen LogP) is 2.86. The Morgan fingerprint density at radius 2 is 2.25 bits per heavy atom. The molecule has 16 heavy (non-hydrogen) atoms. The Balaban J connectivity index is 1.93. The standard InChI is InChI=1S/C12H13FN2S/c13-8-2-3-10-9(6-8)15-11(16-10)7-12(14)4-1-5-12/h2-3,6H,1,4-5,7,14H2. The predicted molar refractivity (Wildman–Crippen MR) is 64.1 cm³/mol. The van der Waals surface area contributed by atoms with Crippen molar-refractivity contribution < 1.29 is 4.39 Å². The van der Waals surface area contributed by atoms with Crippen LogP contribution in [0, 0.1) is 5.82 Å². The summed E-state index contributed by atoms with van der Waals surface area (Å²) in [5.41, 5.74) is 6.88. The lowest BCUT2D eigenvalue weighted by Gasteiger charge is -2.37. The van der Waals surface area contributed by atoms with Crippen molar-refractivity contribution in [3.05, 3.63) is 29.0 Å². The molecule has 0 unspecified atom stereocenters. The summed E-state index contributed by atoms with van der Waals surface area (Å²) >= 11 is 1.62. The van der Waals surface area contributed by atoms with Crippen molar-refractivity contribution in [1.29, 1.82) is 0 Å². The van der Waals surface area contributed by atoms with E-state index in [1.165, 1.54) is 18.6 Å². The van der Waals surface area contributed by atoms with E-state index in [2.05, 4.69) is 4.98 Å². The molecule has 2 nitrogen and oxygen atoms in total. The normalized spacial score (nSPS) is 18.6. The highest BCUT2D eigenvalue weighted by molar-refractivity contribution is 7.18. The van der Waals surface area contributed by atoms with Gasteiger partial charge in [-0.25, -0.2) is 9.37 Å². The van der Waals surface area contributed by atoms with Crippen LogP contribution in [0.1, 0.15) is 24.3 Å². The van der Waals surface area contributed by atoms with E-state index < -0.39 is 0 Å². The van der Waals surface area contributed by atoms with E-state index in [9.17, 15) is 4.39 Å². The summed E-state index contributed by atoms with van der Waals surface area (Å²) < 4.78 is 14.0. The third-order valence-electron chi connectivity index (χ3n) is 3.25. The molecule has 0 atom stereocenters. The van der Waals surface area contributed by atoms with Gasteiger partial charge in [-0.1, -0.05) is 0 Å². The molecule has 0 radical (unpaired) electrons. The van der Waals surface area contributed by atoms with Gasteiger partial charge in [-0.15, -0.1) is 11.3 Å². The van der Waals surface area contributed by atoms with E-state index in [4.69, 9.17) is 5.73 Å². The number of hydrogen-bond acceptors (Lipinski definition) is 3. The molecule has 0 bridgehead atoms. The Bertz CT molecular complexity index is 531. The molecule has 0 saturated heterocycles. The molecule has 1 aromatic heterocycles. The lowest BCUT2D eigenvalue weighted by atomic mass is 9.75. The molecule has 4 heteroatoms. The maximum absolute atomic E-state index is 13.0. The third-order valence-corrected chi connectivity index (χ3v) is 4.28. The lowest BCUT2D eigenvalue weighted by molar-refractivity contribution is 0.247. The zero-order valence-corrected chi connectivity index (χ0v) is 9.69. The first kappa shape index (κ1) is 10.2. The Hall–Kier alpha value is -1.00. The fourth-order valence-corrected chi connectivity index (χ4v) is 3.24. The fourth-order valence-electron chi connectivity index (χ4n) is 2.13. The highest BCUT2D eigenvalue weighted by atomic mass is 32.1. The molecule has 1 fully saturated rings. The minimum Gasteiger partial charge on any atom is -0.325 e. The van der Waals surface area contributed by atoms with Gasteiger partial charge in [0.2, 0.25) is 0 Å². The number of rotatable bonds is 2. The summed E-state index contributed by atoms with van der Waals surface area (Å²) in [4.78, 5) is 4.44. The molecule has 1 aliphatic carbocycles. The number of fused-ring (bicyclic) bond motifs is 1. The highest BCUT2D eigenvalue weighted by Crippen LogP contribution is 2.34. The molecule has 3 rings (SSSR count). The van der Waals surface area contributed by atoms with Gasteiger partial charge in [0.25, 0.3) is 0 Å². The third kappa shape index (κ3) is 1.72. The van der Waals surface area contributed by atoms with Crippen LogP contribution in [-0.4, -0.2) is 10.5 Å². The van der Waals surface area contributed by atoms with Gasteiger partial charge in [-0.3, -0.25) is 0 Å². The minimum absolute atomic E-state index is 0.0492. The highest BCUT2D eigenvalue weighted by Gasteiger charge is 2.33. The van der Waals surface area contributed by atoms with Crippen LogP contribution in [0.4, 0.5) is 4.39 Å². The van der Waals surface area contributed by atoms with Crippen molar-refractivity contribution in [2.24, 2.45) is 5.73 Å². The van der Waals surface area contributed by atoms with Crippen molar-refractivity contribution in [3.63, 3.8) is 0 Å². The number of aromatic nitrogens is 1. The van der Waals surface area contributed by atoms with Crippen molar-refractivity contribution in [1.82, 2.24) is 4.98 Å². The molecule has 1 heterocycles. The zero-order chi connectivity index (χ0) is 11.2. The molecule has 1 aromatic carbocycles. The first-order valence-electron chi connectivity index (χ1n) is 5.49. The van der Waals surface area contributed by atoms with Gasteiger partial charge in [-0.05, 0) is 31.4 Å². The smallest absolute Gasteiger partial charge is 0.125 e. The fraction of sp³-hybridized carbons (Fsp3) is 0.417. The van der Waals surface area contributed by atoms with Crippen molar-refractivity contribution >= 4 is 21.6 Å². The summed E-state index contributed by atoms with van der Waals surface area (Å²) in [5, 5.41) is 1.03. The van der Waals surface area contributed by atoms with Crippen LogP contribution in [0.2, 0.25) is 0 Å². The van der Waals surface area contributed by atoms with E-state index >= 15 is 0 Å². The number of halogens is 1. The van der Waals surface area contributed by atoms with Gasteiger partial charge in [0.15, 0.2) is 0 Å². The lowest BCUT2D eigenvalue weighted by Crippen LogP contribution is -2.48. The number of benzene rings is 1. The number of nitrogens with zero attached hydrogens (tertiary/aromatic N) is 1. The first-order chi connectivity index (χ1) is 7.65. The second-order valence-electron chi connectivity index (χ2n) is 4.61. The van der Waals surface area contributed by atoms with Crippen LogP contribution < -0.4 is 5.73 Å². The molecule has 2 N–H and O–H groups in total. The summed E-state index contributed by atoms with van der Waals surface area (Å²) in [6.07, 6.45) is 4.21. The van der Waals surface area contributed by atoms with Crippen molar-refractivity contribution in [3.8, 4) is 0 Å². The van der Waals surface area contributed by atoms with Gasteiger partial charge in [0, 0.05) is 18.0 Å².